The molecule has 2 aliphatic heterocycles. The van der Waals surface area contributed by atoms with Crippen LogP contribution in [0.15, 0.2) is 192 Å². The van der Waals surface area contributed by atoms with Gasteiger partial charge in [-0.25, -0.2) is 15.0 Å². The van der Waals surface area contributed by atoms with Crippen LogP contribution >= 0.6 is 11.8 Å². The number of aromatic nitrogens is 4. The van der Waals surface area contributed by atoms with Gasteiger partial charge in [0, 0.05) is 49.8 Å². The molecule has 0 fully saturated rings. The molecule has 0 saturated heterocycles. The minimum atomic E-state index is 0.376. The lowest BCUT2D eigenvalue weighted by atomic mass is 9.90. The summed E-state index contributed by atoms with van der Waals surface area (Å²) in [5.41, 5.74) is 11.5. The van der Waals surface area contributed by atoms with Crippen LogP contribution in [0.5, 0.6) is 17.2 Å². The minimum absolute atomic E-state index is 0.376. The topological polar surface area (TPSA) is 62.1 Å². The Morgan fingerprint density at radius 2 is 1.07 bits per heavy atom. The second kappa shape index (κ2) is 13.6. The SMILES string of the molecule is c1ccc(-c2nc(-c3ccccc3)nc(-c3cccc4c3COc3c(-c5ccc6c(c5)c5cc7c(cc5n6-c5ccccc5)Sc5ccccc5O7)cccc3-4)n2)cc1. The van der Waals surface area contributed by atoms with Gasteiger partial charge in [0.25, 0.3) is 0 Å². The van der Waals surface area contributed by atoms with Crippen LogP contribution in [0.1, 0.15) is 5.56 Å². The predicted octanol–water partition coefficient (Wildman–Crippen LogP) is 13.5. The van der Waals surface area contributed by atoms with Crippen molar-refractivity contribution in [3.63, 3.8) is 0 Å². The maximum Gasteiger partial charge on any atom is 0.164 e. The van der Waals surface area contributed by atoms with Crippen molar-refractivity contribution >= 4 is 33.6 Å². The molecule has 0 saturated carbocycles. The molecule has 10 aromatic rings. The molecule has 0 unspecified atom stereocenters. The van der Waals surface area contributed by atoms with E-state index in [2.05, 4.69) is 114 Å². The first-order valence-corrected chi connectivity index (χ1v) is 20.4. The van der Waals surface area contributed by atoms with E-state index in [0.717, 1.165) is 99.0 Å². The van der Waals surface area contributed by atoms with E-state index in [1.165, 1.54) is 0 Å². The molecule has 4 heterocycles. The summed E-state index contributed by atoms with van der Waals surface area (Å²) in [6, 6.07) is 63.0. The number of nitrogens with zero attached hydrogens (tertiary/aromatic N) is 4. The van der Waals surface area contributed by atoms with E-state index in [1.807, 2.05) is 72.8 Å². The Labute approximate surface area is 344 Å². The maximum absolute atomic E-state index is 6.81. The minimum Gasteiger partial charge on any atom is -0.488 e. The first-order chi connectivity index (χ1) is 29.2. The van der Waals surface area contributed by atoms with Crippen LogP contribution in [0.3, 0.4) is 0 Å². The summed E-state index contributed by atoms with van der Waals surface area (Å²) in [5.74, 6) is 4.50. The smallest absolute Gasteiger partial charge is 0.164 e. The van der Waals surface area contributed by atoms with Crippen molar-refractivity contribution in [2.45, 2.75) is 16.4 Å². The van der Waals surface area contributed by atoms with Gasteiger partial charge in [0.1, 0.15) is 23.9 Å². The molecule has 59 heavy (non-hydrogen) atoms. The molecule has 0 atom stereocenters. The standard InChI is InChI=1S/C52H32N4O2S/c1-4-14-32(15-5-1)50-53-51(33-16-6-2-7-17-33)55-52(54-50)39-23-13-21-37-38-22-12-20-36(49(38)57-31-42(37)39)34-26-27-43-40(28-34)41-29-46-48(59-47-25-11-10-24-45(47)58-46)30-44(41)56(43)35-18-8-3-9-19-35/h1-30H,31H2. The number of benzene rings is 8. The van der Waals surface area contributed by atoms with Crippen LogP contribution in [-0.2, 0) is 6.61 Å². The summed E-state index contributed by atoms with van der Waals surface area (Å²) in [4.78, 5) is 17.2. The number of hydrogen-bond acceptors (Lipinski definition) is 6. The van der Waals surface area contributed by atoms with E-state index in [1.54, 1.807) is 11.8 Å². The van der Waals surface area contributed by atoms with E-state index in [4.69, 9.17) is 24.4 Å². The molecule has 278 valence electrons. The van der Waals surface area contributed by atoms with Gasteiger partial charge in [0.15, 0.2) is 17.5 Å². The fraction of sp³-hybridized carbons (Fsp3) is 0.0192. The third-order valence-corrected chi connectivity index (χ3v) is 12.3. The average Bonchev–Trinajstić information content (AvgIpc) is 3.62. The molecule has 0 amide bonds. The molecule has 12 rings (SSSR count). The molecule has 7 heteroatoms. The van der Waals surface area contributed by atoms with Crippen LogP contribution in [0.4, 0.5) is 0 Å². The lowest BCUT2D eigenvalue weighted by Gasteiger charge is -2.25. The molecule has 8 aromatic carbocycles. The van der Waals surface area contributed by atoms with Gasteiger partial charge < -0.3 is 14.0 Å². The van der Waals surface area contributed by atoms with Gasteiger partial charge >= 0.3 is 0 Å². The van der Waals surface area contributed by atoms with Gasteiger partial charge in [0.2, 0.25) is 0 Å². The maximum atomic E-state index is 6.81. The summed E-state index contributed by atoms with van der Waals surface area (Å²) in [7, 11) is 0. The van der Waals surface area contributed by atoms with Gasteiger partial charge in [-0.1, -0.05) is 145 Å². The van der Waals surface area contributed by atoms with Gasteiger partial charge in [-0.3, -0.25) is 0 Å². The predicted molar refractivity (Wildman–Crippen MR) is 236 cm³/mol. The highest BCUT2D eigenvalue weighted by molar-refractivity contribution is 7.99. The molecule has 2 aliphatic rings. The van der Waals surface area contributed by atoms with Crippen molar-refractivity contribution in [2.24, 2.45) is 0 Å². The second-order valence-corrected chi connectivity index (χ2v) is 15.8. The molecule has 6 nitrogen and oxygen atoms in total. The normalized spacial score (nSPS) is 12.5. The summed E-state index contributed by atoms with van der Waals surface area (Å²) >= 11 is 1.75. The van der Waals surface area contributed by atoms with Crippen LogP contribution < -0.4 is 9.47 Å². The summed E-state index contributed by atoms with van der Waals surface area (Å²) in [5, 5.41) is 2.28. The molecule has 0 spiro atoms. The average molecular weight is 777 g/mol. The Morgan fingerprint density at radius 3 is 1.83 bits per heavy atom. The van der Waals surface area contributed by atoms with Gasteiger partial charge in [0.05, 0.1) is 20.8 Å². The van der Waals surface area contributed by atoms with E-state index >= 15 is 0 Å². The Morgan fingerprint density at radius 1 is 0.441 bits per heavy atom. The Balaban J connectivity index is 0.994. The largest absolute Gasteiger partial charge is 0.488 e. The van der Waals surface area contributed by atoms with E-state index in [0.29, 0.717) is 24.1 Å². The van der Waals surface area contributed by atoms with Crippen LogP contribution in [0.2, 0.25) is 0 Å². The molecular formula is C52H32N4O2S. The number of hydrogen-bond donors (Lipinski definition) is 0. The number of para-hydroxylation sites is 3. The Bertz CT molecular complexity index is 3220. The van der Waals surface area contributed by atoms with Crippen molar-refractivity contribution in [3.05, 3.63) is 188 Å². The van der Waals surface area contributed by atoms with Gasteiger partial charge in [-0.05, 0) is 59.7 Å². The quantitative estimate of drug-likeness (QED) is 0.173. The number of rotatable bonds is 5. The number of fused-ring (bicyclic) bond motifs is 8. The summed E-state index contributed by atoms with van der Waals surface area (Å²) in [6.07, 6.45) is 0. The summed E-state index contributed by atoms with van der Waals surface area (Å²) < 4.78 is 15.7. The fourth-order valence-electron chi connectivity index (χ4n) is 8.47. The zero-order valence-electron chi connectivity index (χ0n) is 31.5. The van der Waals surface area contributed by atoms with E-state index in [-0.39, 0.29) is 0 Å². The van der Waals surface area contributed by atoms with Gasteiger partial charge in [-0.15, -0.1) is 0 Å². The zero-order chi connectivity index (χ0) is 38.9. The molecule has 2 aromatic heterocycles. The van der Waals surface area contributed by atoms with Crippen molar-refractivity contribution in [1.29, 1.82) is 0 Å². The van der Waals surface area contributed by atoms with Crippen LogP contribution in [-0.4, -0.2) is 19.5 Å². The highest BCUT2D eigenvalue weighted by atomic mass is 32.2. The Kier molecular flexibility index (Phi) is 7.74. The zero-order valence-corrected chi connectivity index (χ0v) is 32.4. The fourth-order valence-corrected chi connectivity index (χ4v) is 9.44. The number of ether oxygens (including phenoxy) is 2. The van der Waals surface area contributed by atoms with Crippen molar-refractivity contribution < 1.29 is 9.47 Å². The monoisotopic (exact) mass is 776 g/mol. The second-order valence-electron chi connectivity index (χ2n) is 14.7. The van der Waals surface area contributed by atoms with Crippen LogP contribution in [0.25, 0.3) is 83.9 Å². The van der Waals surface area contributed by atoms with Crippen LogP contribution in [0, 0.1) is 0 Å². The van der Waals surface area contributed by atoms with Crippen molar-refractivity contribution in [3.8, 4) is 79.4 Å². The molecule has 0 aliphatic carbocycles. The highest BCUT2D eigenvalue weighted by Crippen LogP contribution is 2.51. The summed E-state index contributed by atoms with van der Waals surface area (Å²) in [6.45, 7) is 0.376. The van der Waals surface area contributed by atoms with E-state index in [9.17, 15) is 0 Å². The highest BCUT2D eigenvalue weighted by Gasteiger charge is 2.27. The first kappa shape index (κ1) is 33.6. The Hall–Kier alpha value is -7.48. The third-order valence-electron chi connectivity index (χ3n) is 11.2. The van der Waals surface area contributed by atoms with Crippen molar-refractivity contribution in [2.75, 3.05) is 0 Å². The first-order valence-electron chi connectivity index (χ1n) is 19.6. The lowest BCUT2D eigenvalue weighted by molar-refractivity contribution is 0.304. The molecule has 0 radical (unpaired) electrons. The lowest BCUT2D eigenvalue weighted by Crippen LogP contribution is -2.10. The molecule has 0 bridgehead atoms. The van der Waals surface area contributed by atoms with E-state index < -0.39 is 0 Å². The van der Waals surface area contributed by atoms with Gasteiger partial charge in [-0.2, -0.15) is 0 Å². The van der Waals surface area contributed by atoms with Crippen molar-refractivity contribution in [1.82, 2.24) is 19.5 Å². The third kappa shape index (κ3) is 5.62. The molecule has 0 N–H and O–H groups in total. The molecular weight excluding hydrogens is 745 g/mol.